The summed E-state index contributed by atoms with van der Waals surface area (Å²) in [6, 6.07) is 7.16. The van der Waals surface area contributed by atoms with Gasteiger partial charge in [0.1, 0.15) is 0 Å². The Kier molecular flexibility index (Phi) is 5.20. The Bertz CT molecular complexity index is 569. The van der Waals surface area contributed by atoms with Crippen molar-refractivity contribution in [3.8, 4) is 11.5 Å². The number of nitrogens with one attached hydrogen (secondary N) is 2. The maximum absolute atomic E-state index is 11.9. The fraction of sp³-hybridized carbons (Fsp3) is 0.333. The molecule has 0 aliphatic rings. The number of hydrogen-bond acceptors (Lipinski definition) is 4. The van der Waals surface area contributed by atoms with Crippen LogP contribution in [0.4, 0.5) is 0 Å². The second-order valence-electron chi connectivity index (χ2n) is 4.49. The highest BCUT2D eigenvalue weighted by Gasteiger charge is 2.12. The molecule has 1 unspecified atom stereocenters. The molecule has 0 spiro atoms. The smallest absolute Gasteiger partial charge is 0.258 e. The van der Waals surface area contributed by atoms with Crippen LogP contribution in [-0.4, -0.2) is 29.3 Å². The molecule has 1 aromatic carbocycles. The molecule has 2 aromatic rings. The van der Waals surface area contributed by atoms with Crippen LogP contribution in [0.3, 0.4) is 0 Å². The molecule has 1 heterocycles. The van der Waals surface area contributed by atoms with Gasteiger partial charge in [-0.05, 0) is 26.0 Å². The van der Waals surface area contributed by atoms with E-state index in [2.05, 4.69) is 15.5 Å². The van der Waals surface area contributed by atoms with E-state index in [4.69, 9.17) is 9.47 Å². The summed E-state index contributed by atoms with van der Waals surface area (Å²) in [6.07, 6.45) is 3.42. The number of aromatic nitrogens is 2. The van der Waals surface area contributed by atoms with Crippen LogP contribution in [0.1, 0.15) is 25.5 Å². The van der Waals surface area contributed by atoms with Gasteiger partial charge in [0.2, 0.25) is 0 Å². The standard InChI is InChI=1S/C15H19N3O3/c1-3-20-13-6-4-5-7-14(13)21-10-15(19)18-11(2)12-8-16-17-9-12/h4-9,11H,3,10H2,1-2H3,(H,16,17)(H,18,19). The van der Waals surface area contributed by atoms with Crippen molar-refractivity contribution in [2.75, 3.05) is 13.2 Å². The van der Waals surface area contributed by atoms with Crippen LogP contribution in [0.2, 0.25) is 0 Å². The molecule has 0 saturated carbocycles. The van der Waals surface area contributed by atoms with Gasteiger partial charge in [0.15, 0.2) is 18.1 Å². The van der Waals surface area contributed by atoms with Gasteiger partial charge in [0.25, 0.3) is 5.91 Å². The van der Waals surface area contributed by atoms with Crippen molar-refractivity contribution in [2.24, 2.45) is 0 Å². The highest BCUT2D eigenvalue weighted by molar-refractivity contribution is 5.78. The number of carbonyl (C=O) groups is 1. The van der Waals surface area contributed by atoms with E-state index in [0.29, 0.717) is 18.1 Å². The number of nitrogens with zero attached hydrogens (tertiary/aromatic N) is 1. The third kappa shape index (κ3) is 4.24. The van der Waals surface area contributed by atoms with Crippen molar-refractivity contribution in [1.82, 2.24) is 15.5 Å². The molecule has 112 valence electrons. The molecule has 0 aliphatic carbocycles. The van der Waals surface area contributed by atoms with Crippen LogP contribution in [-0.2, 0) is 4.79 Å². The van der Waals surface area contributed by atoms with Gasteiger partial charge in [-0.15, -0.1) is 0 Å². The van der Waals surface area contributed by atoms with E-state index in [9.17, 15) is 4.79 Å². The SMILES string of the molecule is CCOc1ccccc1OCC(=O)NC(C)c1cn[nH]c1. The summed E-state index contributed by atoms with van der Waals surface area (Å²) in [6.45, 7) is 4.27. The van der Waals surface area contributed by atoms with Crippen molar-refractivity contribution in [1.29, 1.82) is 0 Å². The summed E-state index contributed by atoms with van der Waals surface area (Å²) in [5.41, 5.74) is 0.915. The average Bonchev–Trinajstić information content (AvgIpc) is 3.01. The maximum atomic E-state index is 11.9. The van der Waals surface area contributed by atoms with Gasteiger partial charge in [-0.25, -0.2) is 0 Å². The number of amides is 1. The first-order valence-corrected chi connectivity index (χ1v) is 6.83. The summed E-state index contributed by atoms with van der Waals surface area (Å²) in [5.74, 6) is 0.996. The molecule has 0 aliphatic heterocycles. The summed E-state index contributed by atoms with van der Waals surface area (Å²) >= 11 is 0. The zero-order chi connectivity index (χ0) is 15.1. The third-order valence-corrected chi connectivity index (χ3v) is 2.90. The molecule has 2 N–H and O–H groups in total. The molecule has 6 nitrogen and oxygen atoms in total. The van der Waals surface area contributed by atoms with Crippen LogP contribution in [0, 0.1) is 0 Å². The zero-order valence-electron chi connectivity index (χ0n) is 12.1. The third-order valence-electron chi connectivity index (χ3n) is 2.90. The summed E-state index contributed by atoms with van der Waals surface area (Å²) in [7, 11) is 0. The van der Waals surface area contributed by atoms with E-state index < -0.39 is 0 Å². The van der Waals surface area contributed by atoms with Crippen molar-refractivity contribution < 1.29 is 14.3 Å². The number of benzene rings is 1. The van der Waals surface area contributed by atoms with Gasteiger partial charge in [0, 0.05) is 11.8 Å². The minimum atomic E-state index is -0.199. The zero-order valence-corrected chi connectivity index (χ0v) is 12.1. The first kappa shape index (κ1) is 14.9. The normalized spacial score (nSPS) is 11.7. The average molecular weight is 289 g/mol. The van der Waals surface area contributed by atoms with Crippen molar-refractivity contribution in [3.05, 3.63) is 42.2 Å². The highest BCUT2D eigenvalue weighted by Crippen LogP contribution is 2.26. The molecule has 21 heavy (non-hydrogen) atoms. The van der Waals surface area contributed by atoms with E-state index in [1.165, 1.54) is 0 Å². The molecule has 6 heteroatoms. The van der Waals surface area contributed by atoms with Crippen LogP contribution in [0.15, 0.2) is 36.7 Å². The van der Waals surface area contributed by atoms with Crippen LogP contribution >= 0.6 is 0 Å². The number of ether oxygens (including phenoxy) is 2. The van der Waals surface area contributed by atoms with Gasteiger partial charge in [-0.1, -0.05) is 12.1 Å². The number of rotatable bonds is 7. The van der Waals surface area contributed by atoms with E-state index in [0.717, 1.165) is 5.56 Å². The van der Waals surface area contributed by atoms with E-state index >= 15 is 0 Å². The Morgan fingerprint density at radius 1 is 1.33 bits per heavy atom. The predicted octanol–water partition coefficient (Wildman–Crippen LogP) is 2.06. The highest BCUT2D eigenvalue weighted by atomic mass is 16.5. The molecule has 1 aromatic heterocycles. The molecular weight excluding hydrogens is 270 g/mol. The Morgan fingerprint density at radius 3 is 2.67 bits per heavy atom. The van der Waals surface area contributed by atoms with Crippen LogP contribution in [0.25, 0.3) is 0 Å². The van der Waals surface area contributed by atoms with Gasteiger partial charge in [0.05, 0.1) is 18.8 Å². The number of aromatic amines is 1. The minimum Gasteiger partial charge on any atom is -0.490 e. The second-order valence-corrected chi connectivity index (χ2v) is 4.49. The number of carbonyl (C=O) groups excluding carboxylic acids is 1. The summed E-state index contributed by atoms with van der Waals surface area (Å²) < 4.78 is 10.9. The Hall–Kier alpha value is -2.50. The predicted molar refractivity (Wildman–Crippen MR) is 78.3 cm³/mol. The Balaban J connectivity index is 1.86. The molecular formula is C15H19N3O3. The van der Waals surface area contributed by atoms with Crippen molar-refractivity contribution >= 4 is 5.91 Å². The van der Waals surface area contributed by atoms with Crippen molar-refractivity contribution in [2.45, 2.75) is 19.9 Å². The molecule has 1 atom stereocenters. The molecule has 2 rings (SSSR count). The minimum absolute atomic E-state index is 0.0632. The van der Waals surface area contributed by atoms with Crippen LogP contribution in [0.5, 0.6) is 11.5 Å². The van der Waals surface area contributed by atoms with Gasteiger partial charge < -0.3 is 14.8 Å². The fourth-order valence-electron chi connectivity index (χ4n) is 1.85. The van der Waals surface area contributed by atoms with Gasteiger partial charge >= 0.3 is 0 Å². The Morgan fingerprint density at radius 2 is 2.05 bits per heavy atom. The van der Waals surface area contributed by atoms with Gasteiger partial charge in [-0.3, -0.25) is 9.89 Å². The lowest BCUT2D eigenvalue weighted by atomic mass is 10.2. The number of H-pyrrole nitrogens is 1. The number of para-hydroxylation sites is 2. The summed E-state index contributed by atoms with van der Waals surface area (Å²) in [4.78, 5) is 11.9. The first-order chi connectivity index (χ1) is 10.2. The van der Waals surface area contributed by atoms with Gasteiger partial charge in [-0.2, -0.15) is 5.10 Å². The van der Waals surface area contributed by atoms with E-state index in [-0.39, 0.29) is 18.6 Å². The Labute approximate surface area is 123 Å². The topological polar surface area (TPSA) is 76.2 Å². The van der Waals surface area contributed by atoms with E-state index in [1.54, 1.807) is 18.5 Å². The quantitative estimate of drug-likeness (QED) is 0.818. The summed E-state index contributed by atoms with van der Waals surface area (Å²) in [5, 5.41) is 9.41. The van der Waals surface area contributed by atoms with Crippen LogP contribution < -0.4 is 14.8 Å². The number of hydrogen-bond donors (Lipinski definition) is 2. The second kappa shape index (κ2) is 7.33. The van der Waals surface area contributed by atoms with E-state index in [1.807, 2.05) is 32.0 Å². The molecule has 0 radical (unpaired) electrons. The lowest BCUT2D eigenvalue weighted by Gasteiger charge is -2.14. The first-order valence-electron chi connectivity index (χ1n) is 6.83. The monoisotopic (exact) mass is 289 g/mol. The van der Waals surface area contributed by atoms with Crippen molar-refractivity contribution in [3.63, 3.8) is 0 Å². The largest absolute Gasteiger partial charge is 0.490 e. The lowest BCUT2D eigenvalue weighted by molar-refractivity contribution is -0.123. The lowest BCUT2D eigenvalue weighted by Crippen LogP contribution is -2.31. The fourth-order valence-corrected chi connectivity index (χ4v) is 1.85. The molecule has 0 bridgehead atoms. The molecule has 0 fully saturated rings. The molecule has 0 saturated heterocycles. The maximum Gasteiger partial charge on any atom is 0.258 e. The molecule has 1 amide bonds.